The Kier molecular flexibility index (Phi) is 5.00. The molecule has 1 rings (SSSR count). The first-order chi connectivity index (χ1) is 7.24. The highest BCUT2D eigenvalue weighted by atomic mass is 32.1. The zero-order valence-corrected chi connectivity index (χ0v) is 9.42. The van der Waals surface area contributed by atoms with Crippen molar-refractivity contribution < 1.29 is 9.47 Å². The summed E-state index contributed by atoms with van der Waals surface area (Å²) >= 11 is 4.81. The van der Waals surface area contributed by atoms with Crippen LogP contribution in [0, 0.1) is 0 Å². The first kappa shape index (κ1) is 11.9. The predicted octanol–water partition coefficient (Wildman–Crippen LogP) is 1.13. The van der Waals surface area contributed by atoms with Gasteiger partial charge in [-0.05, 0) is 6.07 Å². The Morgan fingerprint density at radius 3 is 2.80 bits per heavy atom. The molecule has 82 valence electrons. The molecule has 0 aliphatic heterocycles. The Hall–Kier alpha value is -1.20. The van der Waals surface area contributed by atoms with Gasteiger partial charge in [-0.1, -0.05) is 12.2 Å². The summed E-state index contributed by atoms with van der Waals surface area (Å²) in [5.41, 5.74) is 6.18. The van der Waals surface area contributed by atoms with Crippen LogP contribution in [0.1, 0.15) is 12.0 Å². The molecule has 5 heteroatoms. The largest absolute Gasteiger partial charge is 0.478 e. The average molecular weight is 226 g/mol. The van der Waals surface area contributed by atoms with E-state index in [1.807, 2.05) is 0 Å². The van der Waals surface area contributed by atoms with Gasteiger partial charge in [-0.15, -0.1) is 0 Å². The summed E-state index contributed by atoms with van der Waals surface area (Å²) in [5, 5.41) is 0. The summed E-state index contributed by atoms with van der Waals surface area (Å²) in [7, 11) is 1.66. The Labute approximate surface area is 94.4 Å². The number of ether oxygens (including phenoxy) is 2. The van der Waals surface area contributed by atoms with E-state index >= 15 is 0 Å². The van der Waals surface area contributed by atoms with E-state index in [0.29, 0.717) is 24.1 Å². The Bertz CT molecular complexity index is 314. The van der Waals surface area contributed by atoms with Gasteiger partial charge in [0.2, 0.25) is 5.88 Å². The molecule has 0 amide bonds. The summed E-state index contributed by atoms with van der Waals surface area (Å²) in [5.74, 6) is 0.575. The second-order valence-electron chi connectivity index (χ2n) is 2.94. The standard InChI is InChI=1S/C10H14N2O2S/c1-13-5-2-6-14-9-4-3-8(7-12-9)10(11)15/h3-4,7H,2,5-6H2,1H3,(H2,11,15). The molecule has 0 atom stereocenters. The minimum atomic E-state index is 0.341. The fourth-order valence-corrected chi connectivity index (χ4v) is 1.11. The lowest BCUT2D eigenvalue weighted by Crippen LogP contribution is -2.10. The molecule has 1 aromatic rings. The molecular weight excluding hydrogens is 212 g/mol. The molecule has 0 aromatic carbocycles. The SMILES string of the molecule is COCCCOc1ccc(C(N)=S)cn1. The highest BCUT2D eigenvalue weighted by molar-refractivity contribution is 7.80. The first-order valence-electron chi connectivity index (χ1n) is 4.61. The molecule has 0 radical (unpaired) electrons. The molecular formula is C10H14N2O2S. The van der Waals surface area contributed by atoms with Crippen LogP contribution >= 0.6 is 12.2 Å². The van der Waals surface area contributed by atoms with Gasteiger partial charge < -0.3 is 15.2 Å². The normalized spacial score (nSPS) is 9.93. The van der Waals surface area contributed by atoms with Crippen molar-refractivity contribution in [1.82, 2.24) is 4.98 Å². The zero-order valence-electron chi connectivity index (χ0n) is 8.60. The molecule has 0 aliphatic rings. The second kappa shape index (κ2) is 6.31. The number of pyridine rings is 1. The van der Waals surface area contributed by atoms with E-state index in [1.54, 1.807) is 25.4 Å². The van der Waals surface area contributed by atoms with Crippen LogP contribution in [0.2, 0.25) is 0 Å². The molecule has 0 saturated carbocycles. The van der Waals surface area contributed by atoms with E-state index in [1.165, 1.54) is 0 Å². The van der Waals surface area contributed by atoms with E-state index in [9.17, 15) is 0 Å². The number of thiocarbonyl (C=S) groups is 1. The quantitative estimate of drug-likeness (QED) is 0.582. The lowest BCUT2D eigenvalue weighted by molar-refractivity contribution is 0.170. The van der Waals surface area contributed by atoms with Crippen molar-refractivity contribution in [2.75, 3.05) is 20.3 Å². The second-order valence-corrected chi connectivity index (χ2v) is 3.38. The van der Waals surface area contributed by atoms with E-state index in [-0.39, 0.29) is 0 Å². The van der Waals surface area contributed by atoms with Crippen LogP contribution in [0.4, 0.5) is 0 Å². The van der Waals surface area contributed by atoms with Crippen LogP contribution in [0.5, 0.6) is 5.88 Å². The topological polar surface area (TPSA) is 57.4 Å². The van der Waals surface area contributed by atoms with Gasteiger partial charge in [-0.3, -0.25) is 0 Å². The maximum Gasteiger partial charge on any atom is 0.213 e. The van der Waals surface area contributed by atoms with Crippen molar-refractivity contribution >= 4 is 17.2 Å². The number of rotatable bonds is 6. The molecule has 2 N–H and O–H groups in total. The molecule has 15 heavy (non-hydrogen) atoms. The summed E-state index contributed by atoms with van der Waals surface area (Å²) in [6, 6.07) is 3.54. The highest BCUT2D eigenvalue weighted by Gasteiger charge is 1.98. The molecule has 0 aliphatic carbocycles. The van der Waals surface area contributed by atoms with Crippen molar-refractivity contribution in [2.45, 2.75) is 6.42 Å². The van der Waals surface area contributed by atoms with Crippen LogP contribution in [0.3, 0.4) is 0 Å². The van der Waals surface area contributed by atoms with Crippen LogP contribution in [-0.2, 0) is 4.74 Å². The van der Waals surface area contributed by atoms with Gasteiger partial charge in [0.1, 0.15) is 4.99 Å². The van der Waals surface area contributed by atoms with Crippen molar-refractivity contribution in [1.29, 1.82) is 0 Å². The third-order valence-electron chi connectivity index (χ3n) is 1.76. The summed E-state index contributed by atoms with van der Waals surface area (Å²) < 4.78 is 10.3. The van der Waals surface area contributed by atoms with E-state index in [4.69, 9.17) is 27.4 Å². The van der Waals surface area contributed by atoms with Crippen molar-refractivity contribution in [3.05, 3.63) is 23.9 Å². The maximum atomic E-state index is 5.44. The Morgan fingerprint density at radius 2 is 2.27 bits per heavy atom. The molecule has 0 saturated heterocycles. The predicted molar refractivity (Wildman–Crippen MR) is 62.1 cm³/mol. The van der Waals surface area contributed by atoms with Gasteiger partial charge in [0.15, 0.2) is 0 Å². The maximum absolute atomic E-state index is 5.44. The molecule has 1 heterocycles. The van der Waals surface area contributed by atoms with Crippen LogP contribution in [0.15, 0.2) is 18.3 Å². The molecule has 0 spiro atoms. The van der Waals surface area contributed by atoms with Crippen molar-refractivity contribution in [2.24, 2.45) is 5.73 Å². The van der Waals surface area contributed by atoms with Crippen LogP contribution in [-0.4, -0.2) is 30.3 Å². The smallest absolute Gasteiger partial charge is 0.213 e. The zero-order chi connectivity index (χ0) is 11.1. The Balaban J connectivity index is 2.39. The number of hydrogen-bond acceptors (Lipinski definition) is 4. The van der Waals surface area contributed by atoms with Crippen molar-refractivity contribution in [3.8, 4) is 5.88 Å². The highest BCUT2D eigenvalue weighted by Crippen LogP contribution is 2.07. The van der Waals surface area contributed by atoms with Gasteiger partial charge in [0.05, 0.1) is 6.61 Å². The number of aromatic nitrogens is 1. The monoisotopic (exact) mass is 226 g/mol. The summed E-state index contributed by atoms with van der Waals surface area (Å²) in [4.78, 5) is 4.41. The fourth-order valence-electron chi connectivity index (χ4n) is 0.991. The number of methoxy groups -OCH3 is 1. The van der Waals surface area contributed by atoms with E-state index < -0.39 is 0 Å². The lowest BCUT2D eigenvalue weighted by atomic mass is 10.3. The minimum Gasteiger partial charge on any atom is -0.478 e. The number of hydrogen-bond donors (Lipinski definition) is 1. The Morgan fingerprint density at radius 1 is 1.47 bits per heavy atom. The summed E-state index contributed by atoms with van der Waals surface area (Å²) in [6.07, 6.45) is 2.45. The molecule has 0 bridgehead atoms. The third kappa shape index (κ3) is 4.22. The number of nitrogens with zero attached hydrogens (tertiary/aromatic N) is 1. The third-order valence-corrected chi connectivity index (χ3v) is 2.00. The molecule has 4 nitrogen and oxygen atoms in total. The van der Waals surface area contributed by atoms with Gasteiger partial charge in [-0.25, -0.2) is 4.98 Å². The average Bonchev–Trinajstić information content (AvgIpc) is 2.25. The van der Waals surface area contributed by atoms with Crippen LogP contribution in [0.25, 0.3) is 0 Å². The van der Waals surface area contributed by atoms with Gasteiger partial charge in [-0.2, -0.15) is 0 Å². The van der Waals surface area contributed by atoms with Gasteiger partial charge in [0, 0.05) is 38.0 Å². The number of nitrogens with two attached hydrogens (primary N) is 1. The molecule has 0 fully saturated rings. The van der Waals surface area contributed by atoms with Gasteiger partial charge in [0.25, 0.3) is 0 Å². The molecule has 0 unspecified atom stereocenters. The fraction of sp³-hybridized carbons (Fsp3) is 0.400. The lowest BCUT2D eigenvalue weighted by Gasteiger charge is -2.05. The minimum absolute atomic E-state index is 0.341. The molecule has 1 aromatic heterocycles. The van der Waals surface area contributed by atoms with E-state index in [0.717, 1.165) is 12.0 Å². The van der Waals surface area contributed by atoms with E-state index in [2.05, 4.69) is 4.98 Å². The van der Waals surface area contributed by atoms with Gasteiger partial charge >= 0.3 is 0 Å². The van der Waals surface area contributed by atoms with Crippen molar-refractivity contribution in [3.63, 3.8) is 0 Å². The van der Waals surface area contributed by atoms with Crippen LogP contribution < -0.4 is 10.5 Å². The summed E-state index contributed by atoms with van der Waals surface area (Å²) in [6.45, 7) is 1.28. The first-order valence-corrected chi connectivity index (χ1v) is 5.02.